The molecular weight excluding hydrogens is 468 g/mol. The zero-order chi connectivity index (χ0) is 26.2. The standard InChI is InChI=1S/C30H26N2O5/c1-2-37-30(36)27(33)26(17-20-9-4-3-5-10-20)32-29(35)23-13-8-14-25(19-23)31-28(34)24-16-15-21-11-6-7-12-22(21)18-24/h3-16,18-19,26H,2,17H2,1H3,(H,31,34)(H,32,35). The Morgan fingerprint density at radius 1 is 0.730 bits per heavy atom. The lowest BCUT2D eigenvalue weighted by Gasteiger charge is -2.17. The van der Waals surface area contributed by atoms with Gasteiger partial charge in [-0.05, 0) is 53.6 Å². The van der Waals surface area contributed by atoms with Crippen LogP contribution in [0.2, 0.25) is 0 Å². The molecule has 7 heteroatoms. The van der Waals surface area contributed by atoms with Crippen LogP contribution in [0.1, 0.15) is 33.2 Å². The highest BCUT2D eigenvalue weighted by Gasteiger charge is 2.28. The third kappa shape index (κ3) is 6.46. The lowest BCUT2D eigenvalue weighted by molar-refractivity contribution is -0.154. The maximum absolute atomic E-state index is 13.1. The Kier molecular flexibility index (Phi) is 8.05. The highest BCUT2D eigenvalue weighted by Crippen LogP contribution is 2.18. The molecule has 0 spiro atoms. The fraction of sp³-hybridized carbons (Fsp3) is 0.133. The number of carbonyl (C=O) groups excluding carboxylic acids is 4. The molecule has 0 saturated carbocycles. The lowest BCUT2D eigenvalue weighted by Crippen LogP contribution is -2.46. The number of ketones is 1. The van der Waals surface area contributed by atoms with Gasteiger partial charge in [0.25, 0.3) is 17.6 Å². The van der Waals surface area contributed by atoms with E-state index in [1.807, 2.05) is 48.5 Å². The fourth-order valence-corrected chi connectivity index (χ4v) is 3.92. The number of anilines is 1. The summed E-state index contributed by atoms with van der Waals surface area (Å²) in [6.07, 6.45) is 0.128. The van der Waals surface area contributed by atoms with Gasteiger partial charge in [0.1, 0.15) is 6.04 Å². The number of hydrogen-bond donors (Lipinski definition) is 2. The first-order valence-electron chi connectivity index (χ1n) is 11.9. The van der Waals surface area contributed by atoms with Gasteiger partial charge in [0.15, 0.2) is 0 Å². The number of amides is 2. The average Bonchev–Trinajstić information content (AvgIpc) is 2.92. The van der Waals surface area contributed by atoms with Crippen LogP contribution < -0.4 is 10.6 Å². The summed E-state index contributed by atoms with van der Waals surface area (Å²) in [6.45, 7) is 1.66. The molecule has 1 atom stereocenters. The minimum absolute atomic E-state index is 0.0511. The number of fused-ring (bicyclic) bond motifs is 1. The molecule has 4 rings (SSSR count). The Balaban J connectivity index is 1.49. The van der Waals surface area contributed by atoms with Crippen molar-refractivity contribution in [2.45, 2.75) is 19.4 Å². The molecule has 0 aromatic heterocycles. The summed E-state index contributed by atoms with van der Waals surface area (Å²) in [5.74, 6) is -2.71. The van der Waals surface area contributed by atoms with Gasteiger partial charge in [-0.15, -0.1) is 0 Å². The van der Waals surface area contributed by atoms with Crippen LogP contribution in [0.25, 0.3) is 10.8 Å². The van der Waals surface area contributed by atoms with Crippen molar-refractivity contribution in [2.75, 3.05) is 11.9 Å². The molecule has 7 nitrogen and oxygen atoms in total. The predicted octanol–water partition coefficient (Wildman–Crippen LogP) is 4.57. The Labute approximate surface area is 214 Å². The third-order valence-corrected chi connectivity index (χ3v) is 5.78. The van der Waals surface area contributed by atoms with Gasteiger partial charge < -0.3 is 15.4 Å². The molecule has 4 aromatic rings. The average molecular weight is 495 g/mol. The van der Waals surface area contributed by atoms with Gasteiger partial charge in [-0.1, -0.05) is 66.7 Å². The van der Waals surface area contributed by atoms with E-state index < -0.39 is 23.7 Å². The monoisotopic (exact) mass is 494 g/mol. The number of rotatable bonds is 9. The molecule has 0 aliphatic carbocycles. The highest BCUT2D eigenvalue weighted by atomic mass is 16.5. The molecule has 0 aliphatic rings. The SMILES string of the molecule is CCOC(=O)C(=O)C(Cc1ccccc1)NC(=O)c1cccc(NC(=O)c2ccc3ccccc3c2)c1. The number of ether oxygens (including phenoxy) is 1. The molecule has 4 aromatic carbocycles. The summed E-state index contributed by atoms with van der Waals surface area (Å²) < 4.78 is 4.85. The van der Waals surface area contributed by atoms with E-state index in [1.165, 1.54) is 6.07 Å². The fourth-order valence-electron chi connectivity index (χ4n) is 3.92. The summed E-state index contributed by atoms with van der Waals surface area (Å²) in [7, 11) is 0. The number of nitrogens with one attached hydrogen (secondary N) is 2. The van der Waals surface area contributed by atoms with Crippen molar-refractivity contribution >= 4 is 40.0 Å². The van der Waals surface area contributed by atoms with Crippen LogP contribution in [-0.2, 0) is 20.7 Å². The van der Waals surface area contributed by atoms with Crippen molar-refractivity contribution in [1.29, 1.82) is 0 Å². The molecule has 1 unspecified atom stereocenters. The molecule has 0 aliphatic heterocycles. The normalized spacial score (nSPS) is 11.4. The third-order valence-electron chi connectivity index (χ3n) is 5.78. The Bertz CT molecular complexity index is 1450. The second kappa shape index (κ2) is 11.8. The largest absolute Gasteiger partial charge is 0.460 e. The van der Waals surface area contributed by atoms with Gasteiger partial charge in [0.2, 0.25) is 0 Å². The lowest BCUT2D eigenvalue weighted by atomic mass is 10.0. The first-order chi connectivity index (χ1) is 17.9. The Morgan fingerprint density at radius 2 is 1.43 bits per heavy atom. The van der Waals surface area contributed by atoms with Crippen molar-refractivity contribution < 1.29 is 23.9 Å². The van der Waals surface area contributed by atoms with Crippen LogP contribution in [0.3, 0.4) is 0 Å². The molecule has 2 N–H and O–H groups in total. The van der Waals surface area contributed by atoms with Gasteiger partial charge in [0, 0.05) is 23.2 Å². The maximum Gasteiger partial charge on any atom is 0.376 e. The number of Topliss-reactive ketones (excluding diaryl/α,β-unsaturated/α-hetero) is 1. The number of carbonyl (C=O) groups is 4. The van der Waals surface area contributed by atoms with Gasteiger partial charge in [0.05, 0.1) is 6.61 Å². The van der Waals surface area contributed by atoms with E-state index in [0.29, 0.717) is 11.3 Å². The molecular formula is C30H26N2O5. The second-order valence-electron chi connectivity index (χ2n) is 8.40. The predicted molar refractivity (Wildman–Crippen MR) is 141 cm³/mol. The van der Waals surface area contributed by atoms with E-state index in [0.717, 1.165) is 16.3 Å². The van der Waals surface area contributed by atoms with Crippen LogP contribution in [0.4, 0.5) is 5.69 Å². The smallest absolute Gasteiger partial charge is 0.376 e. The van der Waals surface area contributed by atoms with Crippen molar-refractivity contribution in [2.24, 2.45) is 0 Å². The minimum atomic E-state index is -1.11. The van der Waals surface area contributed by atoms with E-state index in [2.05, 4.69) is 10.6 Å². The van der Waals surface area contributed by atoms with Gasteiger partial charge in [-0.2, -0.15) is 0 Å². The highest BCUT2D eigenvalue weighted by molar-refractivity contribution is 6.36. The molecule has 0 fully saturated rings. The molecule has 0 radical (unpaired) electrons. The van der Waals surface area contributed by atoms with Gasteiger partial charge >= 0.3 is 5.97 Å². The number of esters is 1. The first kappa shape index (κ1) is 25.3. The summed E-state index contributed by atoms with van der Waals surface area (Å²) in [5.41, 5.74) is 1.91. The summed E-state index contributed by atoms with van der Waals surface area (Å²) in [4.78, 5) is 50.7. The quantitative estimate of drug-likeness (QED) is 0.262. The molecule has 2 amide bonds. The minimum Gasteiger partial charge on any atom is -0.460 e. The molecule has 0 bridgehead atoms. The maximum atomic E-state index is 13.1. The van der Waals surface area contributed by atoms with Crippen molar-refractivity contribution in [3.63, 3.8) is 0 Å². The number of benzene rings is 4. The Hall–Kier alpha value is -4.78. The van der Waals surface area contributed by atoms with Crippen molar-refractivity contribution in [3.05, 3.63) is 114 Å². The van der Waals surface area contributed by atoms with Crippen LogP contribution in [0.5, 0.6) is 0 Å². The van der Waals surface area contributed by atoms with Crippen molar-refractivity contribution in [1.82, 2.24) is 5.32 Å². The van der Waals surface area contributed by atoms with Gasteiger partial charge in [-0.25, -0.2) is 4.79 Å². The van der Waals surface area contributed by atoms with Crippen molar-refractivity contribution in [3.8, 4) is 0 Å². The molecule has 37 heavy (non-hydrogen) atoms. The molecule has 0 saturated heterocycles. The van der Waals surface area contributed by atoms with Crippen LogP contribution in [0, 0.1) is 0 Å². The van der Waals surface area contributed by atoms with Crippen LogP contribution in [-0.4, -0.2) is 36.2 Å². The summed E-state index contributed by atoms with van der Waals surface area (Å²) in [6, 6.07) is 27.5. The Morgan fingerprint density at radius 3 is 2.19 bits per heavy atom. The topological polar surface area (TPSA) is 102 Å². The van der Waals surface area contributed by atoms with E-state index in [1.54, 1.807) is 49.4 Å². The summed E-state index contributed by atoms with van der Waals surface area (Å²) in [5, 5.41) is 7.43. The van der Waals surface area contributed by atoms with Crippen LogP contribution in [0.15, 0.2) is 97.1 Å². The van der Waals surface area contributed by atoms with E-state index >= 15 is 0 Å². The first-order valence-corrected chi connectivity index (χ1v) is 11.9. The van der Waals surface area contributed by atoms with Gasteiger partial charge in [-0.3, -0.25) is 14.4 Å². The number of hydrogen-bond acceptors (Lipinski definition) is 5. The van der Waals surface area contributed by atoms with E-state index in [-0.39, 0.29) is 24.5 Å². The summed E-state index contributed by atoms with van der Waals surface area (Å²) >= 11 is 0. The molecule has 186 valence electrons. The van der Waals surface area contributed by atoms with Crippen LogP contribution >= 0.6 is 0 Å². The second-order valence-corrected chi connectivity index (χ2v) is 8.40. The molecule has 0 heterocycles. The van der Waals surface area contributed by atoms with E-state index in [9.17, 15) is 19.2 Å². The zero-order valence-corrected chi connectivity index (χ0v) is 20.3. The van der Waals surface area contributed by atoms with E-state index in [4.69, 9.17) is 4.74 Å². The zero-order valence-electron chi connectivity index (χ0n) is 20.3.